The highest BCUT2D eigenvalue weighted by Crippen LogP contribution is 2.13. The van der Waals surface area contributed by atoms with Gasteiger partial charge in [-0.1, -0.05) is 0 Å². The summed E-state index contributed by atoms with van der Waals surface area (Å²) in [4.78, 5) is 35.9. The van der Waals surface area contributed by atoms with E-state index in [2.05, 4.69) is 15.3 Å². The van der Waals surface area contributed by atoms with Crippen molar-refractivity contribution < 1.29 is 14.0 Å². The van der Waals surface area contributed by atoms with Crippen LogP contribution in [0.25, 0.3) is 0 Å². The number of carbonyl (C=O) groups is 2. The second-order valence-electron chi connectivity index (χ2n) is 5.70. The number of halogens is 1. The molecule has 2 aromatic rings. The highest BCUT2D eigenvalue weighted by atomic mass is 19.1. The highest BCUT2D eigenvalue weighted by molar-refractivity contribution is 6.02. The van der Waals surface area contributed by atoms with Crippen LogP contribution in [0.2, 0.25) is 0 Å². The van der Waals surface area contributed by atoms with Gasteiger partial charge in [-0.3, -0.25) is 9.59 Å². The molecule has 0 unspecified atom stereocenters. The Morgan fingerprint density at radius 3 is 2.40 bits per heavy atom. The molecule has 1 N–H and O–H groups in total. The summed E-state index contributed by atoms with van der Waals surface area (Å²) >= 11 is 0. The van der Waals surface area contributed by atoms with Crippen molar-refractivity contribution >= 4 is 23.5 Å². The van der Waals surface area contributed by atoms with Gasteiger partial charge < -0.3 is 15.1 Å². The lowest BCUT2D eigenvalue weighted by Crippen LogP contribution is -2.48. The Hall–Kier alpha value is -3.03. The Morgan fingerprint density at radius 1 is 1.08 bits per heavy atom. The zero-order valence-electron chi connectivity index (χ0n) is 13.8. The summed E-state index contributed by atoms with van der Waals surface area (Å²) in [6.45, 7) is 3.98. The topological polar surface area (TPSA) is 78.4 Å². The molecule has 1 fully saturated rings. The van der Waals surface area contributed by atoms with E-state index in [4.69, 9.17) is 0 Å². The number of carbonyl (C=O) groups excluding carboxylic acids is 2. The first-order valence-electron chi connectivity index (χ1n) is 7.93. The number of nitrogens with zero attached hydrogens (tertiary/aromatic N) is 4. The van der Waals surface area contributed by atoms with Crippen LogP contribution in [0.4, 0.5) is 16.0 Å². The zero-order valence-corrected chi connectivity index (χ0v) is 13.8. The average molecular weight is 343 g/mol. The van der Waals surface area contributed by atoms with E-state index >= 15 is 0 Å². The summed E-state index contributed by atoms with van der Waals surface area (Å²) in [5.41, 5.74) is 0.713. The van der Waals surface area contributed by atoms with Crippen LogP contribution in [0.15, 0.2) is 36.5 Å². The fraction of sp³-hybridized carbons (Fsp3) is 0.294. The Kier molecular flexibility index (Phi) is 4.87. The number of rotatable bonds is 3. The van der Waals surface area contributed by atoms with Crippen LogP contribution in [0, 0.1) is 5.82 Å². The largest absolute Gasteiger partial charge is 0.339 e. The molecular formula is C17H18FN5O2. The van der Waals surface area contributed by atoms with E-state index in [1.54, 1.807) is 11.8 Å². The van der Waals surface area contributed by atoms with Gasteiger partial charge in [0, 0.05) is 45.0 Å². The number of hydrogen-bond donors (Lipinski definition) is 1. The van der Waals surface area contributed by atoms with Gasteiger partial charge in [-0.05, 0) is 30.3 Å². The molecule has 2 amide bonds. The molecule has 0 bridgehead atoms. The van der Waals surface area contributed by atoms with Crippen LogP contribution in [-0.4, -0.2) is 52.9 Å². The lowest BCUT2D eigenvalue weighted by molar-refractivity contribution is -0.129. The molecule has 25 heavy (non-hydrogen) atoms. The molecule has 1 aromatic heterocycles. The van der Waals surface area contributed by atoms with Crippen molar-refractivity contribution in [3.8, 4) is 0 Å². The van der Waals surface area contributed by atoms with Crippen molar-refractivity contribution in [3.63, 3.8) is 0 Å². The van der Waals surface area contributed by atoms with Gasteiger partial charge >= 0.3 is 0 Å². The van der Waals surface area contributed by atoms with Crippen molar-refractivity contribution in [2.45, 2.75) is 6.92 Å². The smallest absolute Gasteiger partial charge is 0.274 e. The van der Waals surface area contributed by atoms with Gasteiger partial charge in [0.05, 0.1) is 0 Å². The maximum absolute atomic E-state index is 12.9. The van der Waals surface area contributed by atoms with E-state index in [0.717, 1.165) is 0 Å². The lowest BCUT2D eigenvalue weighted by Gasteiger charge is -2.34. The van der Waals surface area contributed by atoms with Gasteiger partial charge in [-0.25, -0.2) is 14.4 Å². The van der Waals surface area contributed by atoms with E-state index in [-0.39, 0.29) is 17.4 Å². The first kappa shape index (κ1) is 16.8. The van der Waals surface area contributed by atoms with Crippen molar-refractivity contribution in [1.82, 2.24) is 14.9 Å². The molecule has 0 saturated carbocycles. The van der Waals surface area contributed by atoms with Gasteiger partial charge in [-0.2, -0.15) is 0 Å². The first-order valence-corrected chi connectivity index (χ1v) is 7.93. The summed E-state index contributed by atoms with van der Waals surface area (Å²) < 4.78 is 12.9. The summed E-state index contributed by atoms with van der Waals surface area (Å²) in [6.07, 6.45) is 1.53. The van der Waals surface area contributed by atoms with Gasteiger partial charge in [0.2, 0.25) is 11.9 Å². The van der Waals surface area contributed by atoms with E-state index in [9.17, 15) is 14.0 Å². The van der Waals surface area contributed by atoms with E-state index in [1.807, 2.05) is 4.90 Å². The fourth-order valence-corrected chi connectivity index (χ4v) is 2.58. The molecule has 0 radical (unpaired) electrons. The van der Waals surface area contributed by atoms with Crippen LogP contribution in [0.5, 0.6) is 0 Å². The SMILES string of the molecule is CC(=O)N1CCN(c2nccc(C(=O)Nc3ccc(F)cc3)n2)CC1. The van der Waals surface area contributed by atoms with Crippen LogP contribution < -0.4 is 10.2 Å². The minimum absolute atomic E-state index is 0.0491. The molecule has 130 valence electrons. The Balaban J connectivity index is 1.68. The fourth-order valence-electron chi connectivity index (χ4n) is 2.58. The quantitative estimate of drug-likeness (QED) is 0.914. The van der Waals surface area contributed by atoms with E-state index < -0.39 is 5.91 Å². The molecule has 2 heterocycles. The third-order valence-corrected chi connectivity index (χ3v) is 3.99. The third-order valence-electron chi connectivity index (χ3n) is 3.99. The molecule has 1 aromatic carbocycles. The van der Waals surface area contributed by atoms with E-state index in [0.29, 0.717) is 37.8 Å². The Bertz CT molecular complexity index is 773. The standard InChI is InChI=1S/C17H18FN5O2/c1-12(24)22-8-10-23(11-9-22)17-19-7-6-15(21-17)16(25)20-14-4-2-13(18)3-5-14/h2-7H,8-11H2,1H3,(H,20,25). The number of amides is 2. The minimum Gasteiger partial charge on any atom is -0.339 e. The van der Waals surface area contributed by atoms with Crippen molar-refractivity contribution in [2.75, 3.05) is 36.4 Å². The molecule has 7 nitrogen and oxygen atoms in total. The number of piperazine rings is 1. The summed E-state index contributed by atoms with van der Waals surface area (Å²) in [7, 11) is 0. The molecule has 0 aliphatic carbocycles. The molecule has 8 heteroatoms. The number of anilines is 2. The maximum atomic E-state index is 12.9. The van der Waals surface area contributed by atoms with Crippen molar-refractivity contribution in [2.24, 2.45) is 0 Å². The van der Waals surface area contributed by atoms with Crippen LogP contribution in [0.3, 0.4) is 0 Å². The van der Waals surface area contributed by atoms with E-state index in [1.165, 1.54) is 36.5 Å². The molecular weight excluding hydrogens is 325 g/mol. The number of hydrogen-bond acceptors (Lipinski definition) is 5. The van der Waals surface area contributed by atoms with Crippen LogP contribution >= 0.6 is 0 Å². The molecule has 0 atom stereocenters. The normalized spacial score (nSPS) is 14.3. The summed E-state index contributed by atoms with van der Waals surface area (Å²) in [5, 5.41) is 2.67. The number of nitrogens with one attached hydrogen (secondary N) is 1. The number of aromatic nitrogens is 2. The van der Waals surface area contributed by atoms with Gasteiger partial charge in [0.15, 0.2) is 0 Å². The maximum Gasteiger partial charge on any atom is 0.274 e. The van der Waals surface area contributed by atoms with Crippen LogP contribution in [-0.2, 0) is 4.79 Å². The average Bonchev–Trinajstić information content (AvgIpc) is 2.64. The zero-order chi connectivity index (χ0) is 17.8. The lowest BCUT2D eigenvalue weighted by atomic mass is 10.3. The molecule has 1 aliphatic rings. The second-order valence-corrected chi connectivity index (χ2v) is 5.70. The predicted molar refractivity (Wildman–Crippen MR) is 90.9 cm³/mol. The second kappa shape index (κ2) is 7.25. The Morgan fingerprint density at radius 2 is 1.76 bits per heavy atom. The van der Waals surface area contributed by atoms with Crippen LogP contribution in [0.1, 0.15) is 17.4 Å². The summed E-state index contributed by atoms with van der Waals surface area (Å²) in [6, 6.07) is 7.03. The van der Waals surface area contributed by atoms with Gasteiger partial charge in [0.25, 0.3) is 5.91 Å². The number of benzene rings is 1. The van der Waals surface area contributed by atoms with Gasteiger partial charge in [0.1, 0.15) is 11.5 Å². The highest BCUT2D eigenvalue weighted by Gasteiger charge is 2.21. The first-order chi connectivity index (χ1) is 12.0. The molecule has 1 aliphatic heterocycles. The minimum atomic E-state index is -0.391. The predicted octanol–water partition coefficient (Wildman–Crippen LogP) is 1.54. The summed E-state index contributed by atoms with van der Waals surface area (Å²) in [5.74, 6) is -0.257. The molecule has 1 saturated heterocycles. The van der Waals surface area contributed by atoms with Crippen molar-refractivity contribution in [3.05, 3.63) is 48.0 Å². The monoisotopic (exact) mass is 343 g/mol. The third kappa shape index (κ3) is 4.09. The Labute approximate surface area is 144 Å². The van der Waals surface area contributed by atoms with Crippen molar-refractivity contribution in [1.29, 1.82) is 0 Å². The molecule has 0 spiro atoms. The molecule has 3 rings (SSSR count). The van der Waals surface area contributed by atoms with Gasteiger partial charge in [-0.15, -0.1) is 0 Å².